The number of ether oxygens (including phenoxy) is 1. The van der Waals surface area contributed by atoms with Gasteiger partial charge in [0, 0.05) is 5.69 Å². The molecule has 1 heterocycles. The number of hydrogen-bond donors (Lipinski definition) is 1. The summed E-state index contributed by atoms with van der Waals surface area (Å²) in [5, 5.41) is 2.87. The van der Waals surface area contributed by atoms with E-state index in [9.17, 15) is 4.79 Å². The summed E-state index contributed by atoms with van der Waals surface area (Å²) in [6.07, 6.45) is 1.38. The number of anilines is 1. The van der Waals surface area contributed by atoms with Gasteiger partial charge in [-0.25, -0.2) is 0 Å². The first-order chi connectivity index (χ1) is 9.11. The number of halogens is 1. The summed E-state index contributed by atoms with van der Waals surface area (Å²) >= 11 is 5.76. The summed E-state index contributed by atoms with van der Waals surface area (Å²) in [6, 6.07) is 7.01. The molecule has 2 rings (SSSR count). The van der Waals surface area contributed by atoms with E-state index < -0.39 is 0 Å². The van der Waals surface area contributed by atoms with E-state index in [1.165, 1.54) is 12.3 Å². The lowest BCUT2D eigenvalue weighted by molar-refractivity contribution is 0.102. The number of benzene rings is 1. The third-order valence-corrected chi connectivity index (χ3v) is 2.91. The Morgan fingerprint density at radius 2 is 2.21 bits per heavy atom. The summed E-state index contributed by atoms with van der Waals surface area (Å²) in [6.45, 7) is 4.43. The van der Waals surface area contributed by atoms with Crippen molar-refractivity contribution >= 4 is 23.2 Å². The quantitative estimate of drug-likeness (QED) is 0.924. The van der Waals surface area contributed by atoms with Crippen LogP contribution in [-0.2, 0) is 0 Å². The highest BCUT2D eigenvalue weighted by Crippen LogP contribution is 2.23. The molecule has 0 aliphatic rings. The van der Waals surface area contributed by atoms with Gasteiger partial charge in [0.25, 0.3) is 5.91 Å². The van der Waals surface area contributed by atoms with E-state index in [2.05, 4.69) is 5.32 Å². The van der Waals surface area contributed by atoms with Crippen molar-refractivity contribution in [3.63, 3.8) is 0 Å². The molecule has 0 aliphatic carbocycles. The number of nitrogens with one attached hydrogen (secondary N) is 1. The maximum atomic E-state index is 12.0. The minimum absolute atomic E-state index is 0.0843. The highest BCUT2D eigenvalue weighted by molar-refractivity contribution is 6.32. The fourth-order valence-corrected chi connectivity index (χ4v) is 1.88. The number of aryl methyl sites for hydroxylation is 1. The van der Waals surface area contributed by atoms with Crippen LogP contribution in [0.5, 0.6) is 5.75 Å². The first-order valence-electron chi connectivity index (χ1n) is 5.89. The molecule has 1 N–H and O–H groups in total. The molecule has 0 spiro atoms. The zero-order valence-corrected chi connectivity index (χ0v) is 11.5. The molecular formula is C14H14ClNO3. The maximum absolute atomic E-state index is 12.0. The van der Waals surface area contributed by atoms with E-state index in [0.717, 1.165) is 11.3 Å². The molecule has 0 unspecified atom stereocenters. The Morgan fingerprint density at radius 1 is 1.42 bits per heavy atom. The molecule has 0 saturated heterocycles. The number of carbonyl (C=O) groups is 1. The van der Waals surface area contributed by atoms with Gasteiger partial charge in [-0.15, -0.1) is 0 Å². The minimum Gasteiger partial charge on any atom is -0.494 e. The Balaban J connectivity index is 2.15. The van der Waals surface area contributed by atoms with Gasteiger partial charge in [-0.3, -0.25) is 4.79 Å². The van der Waals surface area contributed by atoms with E-state index in [1.807, 2.05) is 26.0 Å². The van der Waals surface area contributed by atoms with Crippen molar-refractivity contribution in [2.75, 3.05) is 11.9 Å². The second kappa shape index (κ2) is 5.80. The van der Waals surface area contributed by atoms with Gasteiger partial charge < -0.3 is 14.5 Å². The SMILES string of the molecule is CCOc1ccc(NC(=O)c2ccoc2Cl)c(C)c1. The van der Waals surface area contributed by atoms with Gasteiger partial charge in [-0.05, 0) is 55.3 Å². The largest absolute Gasteiger partial charge is 0.494 e. The van der Waals surface area contributed by atoms with Crippen molar-refractivity contribution < 1.29 is 13.9 Å². The van der Waals surface area contributed by atoms with Gasteiger partial charge in [0.2, 0.25) is 5.22 Å². The van der Waals surface area contributed by atoms with Crippen molar-refractivity contribution in [2.24, 2.45) is 0 Å². The summed E-state index contributed by atoms with van der Waals surface area (Å²) in [7, 11) is 0. The van der Waals surface area contributed by atoms with Crippen LogP contribution in [0.4, 0.5) is 5.69 Å². The lowest BCUT2D eigenvalue weighted by Gasteiger charge is -2.10. The molecule has 100 valence electrons. The molecular weight excluding hydrogens is 266 g/mol. The van der Waals surface area contributed by atoms with Gasteiger partial charge in [0.15, 0.2) is 0 Å². The Hall–Kier alpha value is -1.94. The average molecular weight is 280 g/mol. The van der Waals surface area contributed by atoms with Gasteiger partial charge in [-0.2, -0.15) is 0 Å². The number of rotatable bonds is 4. The molecule has 0 radical (unpaired) electrons. The molecule has 0 atom stereocenters. The second-order valence-corrected chi connectivity index (χ2v) is 4.32. The molecule has 1 aromatic heterocycles. The standard InChI is InChI=1S/C14H14ClNO3/c1-3-18-10-4-5-12(9(2)8-10)16-14(17)11-6-7-19-13(11)15/h4-8H,3H2,1-2H3,(H,16,17). The van der Waals surface area contributed by atoms with E-state index in [-0.39, 0.29) is 11.1 Å². The highest BCUT2D eigenvalue weighted by atomic mass is 35.5. The van der Waals surface area contributed by atoms with Crippen LogP contribution in [0.25, 0.3) is 0 Å². The van der Waals surface area contributed by atoms with Crippen LogP contribution in [0.1, 0.15) is 22.8 Å². The monoisotopic (exact) mass is 279 g/mol. The number of amides is 1. The van der Waals surface area contributed by atoms with Gasteiger partial charge >= 0.3 is 0 Å². The van der Waals surface area contributed by atoms with Crippen LogP contribution < -0.4 is 10.1 Å². The number of hydrogen-bond acceptors (Lipinski definition) is 3. The fourth-order valence-electron chi connectivity index (χ4n) is 1.68. The average Bonchev–Trinajstić information content (AvgIpc) is 2.79. The van der Waals surface area contributed by atoms with Crippen molar-refractivity contribution in [1.82, 2.24) is 0 Å². The lowest BCUT2D eigenvalue weighted by atomic mass is 10.2. The Kier molecular flexibility index (Phi) is 4.12. The number of carbonyl (C=O) groups excluding carboxylic acids is 1. The molecule has 19 heavy (non-hydrogen) atoms. The van der Waals surface area contributed by atoms with Crippen molar-refractivity contribution in [3.8, 4) is 5.75 Å². The molecule has 0 aliphatic heterocycles. The van der Waals surface area contributed by atoms with Gasteiger partial charge in [0.05, 0.1) is 18.4 Å². The van der Waals surface area contributed by atoms with Crippen LogP contribution in [-0.4, -0.2) is 12.5 Å². The molecule has 1 amide bonds. The van der Waals surface area contributed by atoms with Gasteiger partial charge in [-0.1, -0.05) is 0 Å². The zero-order chi connectivity index (χ0) is 13.8. The van der Waals surface area contributed by atoms with Gasteiger partial charge in [0.1, 0.15) is 5.75 Å². The van der Waals surface area contributed by atoms with Crippen LogP contribution in [0.2, 0.25) is 5.22 Å². The summed E-state index contributed by atoms with van der Waals surface area (Å²) in [5.74, 6) is 0.477. The molecule has 2 aromatic rings. The van der Waals surface area contributed by atoms with E-state index in [4.69, 9.17) is 20.8 Å². The molecule has 4 nitrogen and oxygen atoms in total. The summed E-state index contributed by atoms with van der Waals surface area (Å²) in [5.41, 5.74) is 1.94. The molecule has 0 fully saturated rings. The predicted octanol–water partition coefficient (Wildman–Crippen LogP) is 3.89. The van der Waals surface area contributed by atoms with Crippen LogP contribution in [0.15, 0.2) is 34.9 Å². The van der Waals surface area contributed by atoms with Crippen molar-refractivity contribution in [3.05, 3.63) is 46.9 Å². The zero-order valence-electron chi connectivity index (χ0n) is 10.7. The Labute approximate surface area is 116 Å². The van der Waals surface area contributed by atoms with Crippen molar-refractivity contribution in [2.45, 2.75) is 13.8 Å². The maximum Gasteiger partial charge on any atom is 0.260 e. The number of furan rings is 1. The third-order valence-electron chi connectivity index (χ3n) is 2.62. The molecule has 5 heteroatoms. The predicted molar refractivity (Wildman–Crippen MR) is 74.0 cm³/mol. The molecule has 0 bridgehead atoms. The van der Waals surface area contributed by atoms with E-state index in [0.29, 0.717) is 17.9 Å². The van der Waals surface area contributed by atoms with Crippen LogP contribution >= 0.6 is 11.6 Å². The second-order valence-electron chi connectivity index (χ2n) is 3.97. The summed E-state index contributed by atoms with van der Waals surface area (Å²) in [4.78, 5) is 12.0. The normalized spacial score (nSPS) is 10.3. The molecule has 0 saturated carbocycles. The fraction of sp³-hybridized carbons (Fsp3) is 0.214. The Morgan fingerprint density at radius 3 is 2.79 bits per heavy atom. The van der Waals surface area contributed by atoms with E-state index >= 15 is 0 Å². The first-order valence-corrected chi connectivity index (χ1v) is 6.27. The summed E-state index contributed by atoms with van der Waals surface area (Å²) < 4.78 is 10.3. The topological polar surface area (TPSA) is 51.5 Å². The first kappa shape index (κ1) is 13.5. The highest BCUT2D eigenvalue weighted by Gasteiger charge is 2.14. The minimum atomic E-state index is -0.300. The lowest BCUT2D eigenvalue weighted by Crippen LogP contribution is -2.12. The van der Waals surface area contributed by atoms with E-state index in [1.54, 1.807) is 6.07 Å². The van der Waals surface area contributed by atoms with Crippen LogP contribution in [0.3, 0.4) is 0 Å². The van der Waals surface area contributed by atoms with Crippen molar-refractivity contribution in [1.29, 1.82) is 0 Å². The smallest absolute Gasteiger partial charge is 0.260 e. The van der Waals surface area contributed by atoms with Crippen LogP contribution in [0, 0.1) is 6.92 Å². The third kappa shape index (κ3) is 3.09. The Bertz CT molecular complexity index is 592. The molecule has 1 aromatic carbocycles.